The number of hydrogen-bond donors (Lipinski definition) is 0. The minimum absolute atomic E-state index is 0.0902. The Kier molecular flexibility index (Phi) is 2.04. The molecule has 10 heavy (non-hydrogen) atoms. The predicted molar refractivity (Wildman–Crippen MR) is 34.3 cm³/mol. The van der Waals surface area contributed by atoms with Gasteiger partial charge in [-0.1, -0.05) is 6.92 Å². The van der Waals surface area contributed by atoms with Gasteiger partial charge in [0.25, 0.3) is 0 Å². The summed E-state index contributed by atoms with van der Waals surface area (Å²) in [5.74, 6) is 0.0972. The molecule has 0 aromatic rings. The predicted octanol–water partition coefficient (Wildman–Crippen LogP) is 0.527. The standard InChI is InChI=1S/C7H10O3/c1-5-4-6(5)10-7(9)2-3-8/h3,5-6H,2,4H2,1H3. The minimum atomic E-state index is -0.399. The summed E-state index contributed by atoms with van der Waals surface area (Å²) in [5.41, 5.74) is 0. The topological polar surface area (TPSA) is 43.4 Å². The van der Waals surface area contributed by atoms with E-state index in [1.54, 1.807) is 0 Å². The van der Waals surface area contributed by atoms with E-state index in [-0.39, 0.29) is 12.5 Å². The van der Waals surface area contributed by atoms with Crippen LogP contribution < -0.4 is 0 Å². The first-order valence-electron chi connectivity index (χ1n) is 3.37. The molecule has 0 radical (unpaired) electrons. The molecule has 0 spiro atoms. The number of esters is 1. The normalized spacial score (nSPS) is 29.3. The third kappa shape index (κ3) is 1.83. The van der Waals surface area contributed by atoms with E-state index >= 15 is 0 Å². The van der Waals surface area contributed by atoms with Crippen LogP contribution in [0.1, 0.15) is 19.8 Å². The second-order valence-electron chi connectivity index (χ2n) is 2.61. The van der Waals surface area contributed by atoms with Crippen LogP contribution >= 0.6 is 0 Å². The molecule has 3 heteroatoms. The van der Waals surface area contributed by atoms with E-state index in [1.807, 2.05) is 6.92 Å². The van der Waals surface area contributed by atoms with Crippen LogP contribution in [0.15, 0.2) is 0 Å². The van der Waals surface area contributed by atoms with Crippen LogP contribution in [0, 0.1) is 5.92 Å². The number of carbonyl (C=O) groups excluding carboxylic acids is 2. The van der Waals surface area contributed by atoms with Gasteiger partial charge in [0.15, 0.2) is 0 Å². The van der Waals surface area contributed by atoms with Crippen molar-refractivity contribution in [3.05, 3.63) is 0 Å². The summed E-state index contributed by atoms with van der Waals surface area (Å²) in [4.78, 5) is 20.4. The Hall–Kier alpha value is -0.860. The summed E-state index contributed by atoms with van der Waals surface area (Å²) in [5, 5.41) is 0. The van der Waals surface area contributed by atoms with Crippen molar-refractivity contribution in [1.82, 2.24) is 0 Å². The van der Waals surface area contributed by atoms with Crippen molar-refractivity contribution in [2.45, 2.75) is 25.9 Å². The summed E-state index contributed by atoms with van der Waals surface area (Å²) in [6, 6.07) is 0. The molecule has 1 fully saturated rings. The van der Waals surface area contributed by atoms with Gasteiger partial charge in [-0.15, -0.1) is 0 Å². The Labute approximate surface area is 59.4 Å². The van der Waals surface area contributed by atoms with Gasteiger partial charge in [-0.25, -0.2) is 0 Å². The molecular weight excluding hydrogens is 132 g/mol. The van der Waals surface area contributed by atoms with Gasteiger partial charge >= 0.3 is 5.97 Å². The zero-order valence-electron chi connectivity index (χ0n) is 5.87. The maximum atomic E-state index is 10.6. The van der Waals surface area contributed by atoms with Crippen LogP contribution in [0.25, 0.3) is 0 Å². The molecule has 2 unspecified atom stereocenters. The number of aldehydes is 1. The number of ether oxygens (including phenoxy) is 1. The van der Waals surface area contributed by atoms with E-state index < -0.39 is 5.97 Å². The molecule has 1 saturated carbocycles. The molecule has 1 aliphatic rings. The lowest BCUT2D eigenvalue weighted by Crippen LogP contribution is -2.07. The lowest BCUT2D eigenvalue weighted by atomic mass is 10.5. The SMILES string of the molecule is CC1CC1OC(=O)CC=O. The zero-order valence-corrected chi connectivity index (χ0v) is 5.87. The highest BCUT2D eigenvalue weighted by Gasteiger charge is 2.36. The average Bonchev–Trinajstić information content (AvgIpc) is 2.47. The van der Waals surface area contributed by atoms with Gasteiger partial charge in [0.1, 0.15) is 18.8 Å². The molecule has 0 N–H and O–H groups in total. The molecule has 1 aliphatic carbocycles. The molecular formula is C7H10O3. The highest BCUT2D eigenvalue weighted by atomic mass is 16.5. The fourth-order valence-electron chi connectivity index (χ4n) is 0.737. The van der Waals surface area contributed by atoms with Crippen LogP contribution in [0.4, 0.5) is 0 Å². The Bertz CT molecular complexity index is 153. The summed E-state index contributed by atoms with van der Waals surface area (Å²) in [7, 11) is 0. The monoisotopic (exact) mass is 142 g/mol. The molecule has 0 aromatic heterocycles. The van der Waals surface area contributed by atoms with Gasteiger partial charge in [-0.2, -0.15) is 0 Å². The third-order valence-electron chi connectivity index (χ3n) is 1.57. The van der Waals surface area contributed by atoms with Gasteiger partial charge in [0.05, 0.1) is 0 Å². The molecule has 0 aliphatic heterocycles. The number of carbonyl (C=O) groups is 2. The number of hydrogen-bond acceptors (Lipinski definition) is 3. The van der Waals surface area contributed by atoms with Crippen LogP contribution in [-0.2, 0) is 14.3 Å². The van der Waals surface area contributed by atoms with Crippen molar-refractivity contribution in [2.24, 2.45) is 5.92 Å². The molecule has 2 atom stereocenters. The van der Waals surface area contributed by atoms with Gasteiger partial charge in [-0.3, -0.25) is 4.79 Å². The first-order chi connectivity index (χ1) is 4.74. The fraction of sp³-hybridized carbons (Fsp3) is 0.714. The van der Waals surface area contributed by atoms with E-state index in [0.29, 0.717) is 12.2 Å². The van der Waals surface area contributed by atoms with E-state index in [4.69, 9.17) is 4.74 Å². The fourth-order valence-corrected chi connectivity index (χ4v) is 0.737. The van der Waals surface area contributed by atoms with Gasteiger partial charge < -0.3 is 9.53 Å². The van der Waals surface area contributed by atoms with Gasteiger partial charge in [0.2, 0.25) is 0 Å². The van der Waals surface area contributed by atoms with Crippen molar-refractivity contribution in [2.75, 3.05) is 0 Å². The first kappa shape index (κ1) is 7.25. The van der Waals surface area contributed by atoms with Gasteiger partial charge in [-0.05, 0) is 12.3 Å². The highest BCUT2D eigenvalue weighted by Crippen LogP contribution is 2.32. The number of rotatable bonds is 3. The van der Waals surface area contributed by atoms with E-state index in [0.717, 1.165) is 6.42 Å². The van der Waals surface area contributed by atoms with E-state index in [2.05, 4.69) is 0 Å². The molecule has 0 heterocycles. The molecule has 56 valence electrons. The Morgan fingerprint density at radius 2 is 2.40 bits per heavy atom. The van der Waals surface area contributed by atoms with Crippen LogP contribution in [-0.4, -0.2) is 18.4 Å². The maximum absolute atomic E-state index is 10.6. The second kappa shape index (κ2) is 2.82. The molecule has 0 aromatic carbocycles. The van der Waals surface area contributed by atoms with Gasteiger partial charge in [0, 0.05) is 0 Å². The Morgan fingerprint density at radius 1 is 1.80 bits per heavy atom. The summed E-state index contributed by atoms with van der Waals surface area (Å²) in [6.45, 7) is 2.01. The molecule has 0 amide bonds. The maximum Gasteiger partial charge on any atom is 0.313 e. The second-order valence-corrected chi connectivity index (χ2v) is 2.61. The molecule has 1 rings (SSSR count). The Balaban J connectivity index is 2.13. The van der Waals surface area contributed by atoms with Crippen molar-refractivity contribution in [3.63, 3.8) is 0 Å². The largest absolute Gasteiger partial charge is 0.462 e. The summed E-state index contributed by atoms with van der Waals surface area (Å²) < 4.78 is 4.84. The minimum Gasteiger partial charge on any atom is -0.462 e. The summed E-state index contributed by atoms with van der Waals surface area (Å²) in [6.07, 6.45) is 1.50. The smallest absolute Gasteiger partial charge is 0.313 e. The molecule has 3 nitrogen and oxygen atoms in total. The molecule has 0 bridgehead atoms. The van der Waals surface area contributed by atoms with Crippen LogP contribution in [0.5, 0.6) is 0 Å². The summed E-state index contributed by atoms with van der Waals surface area (Å²) >= 11 is 0. The van der Waals surface area contributed by atoms with E-state index in [1.165, 1.54) is 0 Å². The van der Waals surface area contributed by atoms with Crippen molar-refractivity contribution in [3.8, 4) is 0 Å². The third-order valence-corrected chi connectivity index (χ3v) is 1.57. The zero-order chi connectivity index (χ0) is 7.56. The quantitative estimate of drug-likeness (QED) is 0.328. The van der Waals surface area contributed by atoms with Crippen LogP contribution in [0.3, 0.4) is 0 Å². The highest BCUT2D eigenvalue weighted by molar-refractivity contribution is 5.83. The lowest BCUT2D eigenvalue weighted by molar-refractivity contribution is -0.146. The van der Waals surface area contributed by atoms with E-state index in [9.17, 15) is 9.59 Å². The lowest BCUT2D eigenvalue weighted by Gasteiger charge is -1.97. The van der Waals surface area contributed by atoms with Crippen molar-refractivity contribution in [1.29, 1.82) is 0 Å². The Morgan fingerprint density at radius 3 is 2.80 bits per heavy atom. The average molecular weight is 142 g/mol. The molecule has 0 saturated heterocycles. The van der Waals surface area contributed by atoms with Crippen molar-refractivity contribution < 1.29 is 14.3 Å². The van der Waals surface area contributed by atoms with Crippen molar-refractivity contribution >= 4 is 12.3 Å². The first-order valence-corrected chi connectivity index (χ1v) is 3.37. The van der Waals surface area contributed by atoms with Crippen LogP contribution in [0.2, 0.25) is 0 Å².